The summed E-state index contributed by atoms with van der Waals surface area (Å²) in [6.45, 7) is 5.28. The lowest BCUT2D eigenvalue weighted by molar-refractivity contribution is 0.0950. The highest BCUT2D eigenvalue weighted by atomic mass is 16.5. The van der Waals surface area contributed by atoms with Crippen molar-refractivity contribution in [3.63, 3.8) is 0 Å². The first kappa shape index (κ1) is 20.4. The second kappa shape index (κ2) is 9.73. The Morgan fingerprint density at radius 3 is 2.72 bits per heavy atom. The first-order chi connectivity index (χ1) is 14.1. The molecule has 29 heavy (non-hydrogen) atoms. The van der Waals surface area contributed by atoms with Gasteiger partial charge in [-0.15, -0.1) is 0 Å². The molecule has 0 aliphatic carbocycles. The first-order valence-corrected chi connectivity index (χ1v) is 9.61. The van der Waals surface area contributed by atoms with Crippen molar-refractivity contribution in [1.82, 2.24) is 20.1 Å². The third kappa shape index (κ3) is 5.57. The number of nitrogens with one attached hydrogen (secondary N) is 1. The topological polar surface area (TPSA) is 78.3 Å². The van der Waals surface area contributed by atoms with Crippen molar-refractivity contribution in [3.8, 4) is 17.3 Å². The van der Waals surface area contributed by atoms with E-state index in [-0.39, 0.29) is 5.91 Å². The zero-order valence-electron chi connectivity index (χ0n) is 17.0. The Morgan fingerprint density at radius 2 is 2.07 bits per heavy atom. The predicted octanol–water partition coefficient (Wildman–Crippen LogP) is 3.63. The molecule has 2 aromatic heterocycles. The molecule has 2 heterocycles. The van der Waals surface area contributed by atoms with E-state index in [4.69, 9.17) is 9.47 Å². The van der Waals surface area contributed by atoms with Crippen LogP contribution in [0.4, 0.5) is 0 Å². The van der Waals surface area contributed by atoms with Crippen LogP contribution in [0.5, 0.6) is 11.5 Å². The number of amides is 1. The summed E-state index contributed by atoms with van der Waals surface area (Å²) in [6, 6.07) is 10.8. The first-order valence-electron chi connectivity index (χ1n) is 9.61. The molecule has 3 aromatic rings. The molecule has 1 N–H and O–H groups in total. The Morgan fingerprint density at radius 1 is 1.21 bits per heavy atom. The second-order valence-corrected chi connectivity index (χ2v) is 7.05. The monoisotopic (exact) mass is 394 g/mol. The van der Waals surface area contributed by atoms with Gasteiger partial charge in [0.05, 0.1) is 13.7 Å². The SMILES string of the molecule is COc1cc(C(=O)NCc2ccc(-n3cccn3)nc2)ccc1OCCC(C)C. The third-order valence-electron chi connectivity index (χ3n) is 4.38. The molecule has 3 rings (SSSR count). The van der Waals surface area contributed by atoms with Crippen LogP contribution in [-0.4, -0.2) is 34.4 Å². The van der Waals surface area contributed by atoms with Gasteiger partial charge in [-0.2, -0.15) is 5.10 Å². The number of pyridine rings is 1. The number of aromatic nitrogens is 3. The van der Waals surface area contributed by atoms with Gasteiger partial charge in [0.15, 0.2) is 17.3 Å². The predicted molar refractivity (Wildman–Crippen MR) is 110 cm³/mol. The normalized spacial score (nSPS) is 10.8. The van der Waals surface area contributed by atoms with Gasteiger partial charge >= 0.3 is 0 Å². The molecule has 0 radical (unpaired) electrons. The number of hydrogen-bond acceptors (Lipinski definition) is 5. The van der Waals surface area contributed by atoms with Crippen molar-refractivity contribution in [2.24, 2.45) is 5.92 Å². The van der Waals surface area contributed by atoms with Gasteiger partial charge in [-0.25, -0.2) is 9.67 Å². The Hall–Kier alpha value is -3.35. The summed E-state index contributed by atoms with van der Waals surface area (Å²) in [5.74, 6) is 2.29. The van der Waals surface area contributed by atoms with Gasteiger partial charge in [0.1, 0.15) is 0 Å². The quantitative estimate of drug-likeness (QED) is 0.600. The van der Waals surface area contributed by atoms with E-state index in [1.807, 2.05) is 24.4 Å². The molecule has 0 aliphatic rings. The number of carbonyl (C=O) groups excluding carboxylic acids is 1. The molecule has 0 unspecified atom stereocenters. The van der Waals surface area contributed by atoms with Gasteiger partial charge in [0.25, 0.3) is 5.91 Å². The van der Waals surface area contributed by atoms with Crippen LogP contribution < -0.4 is 14.8 Å². The Kier molecular flexibility index (Phi) is 6.84. The fourth-order valence-corrected chi connectivity index (χ4v) is 2.68. The van der Waals surface area contributed by atoms with Crippen LogP contribution in [0, 0.1) is 5.92 Å². The van der Waals surface area contributed by atoms with Crippen LogP contribution in [0.15, 0.2) is 55.0 Å². The van der Waals surface area contributed by atoms with Crippen LogP contribution >= 0.6 is 0 Å². The lowest BCUT2D eigenvalue weighted by atomic mass is 10.1. The van der Waals surface area contributed by atoms with E-state index < -0.39 is 0 Å². The number of benzene rings is 1. The fourth-order valence-electron chi connectivity index (χ4n) is 2.68. The zero-order valence-corrected chi connectivity index (χ0v) is 17.0. The largest absolute Gasteiger partial charge is 0.493 e. The van der Waals surface area contributed by atoms with Crippen LogP contribution in [-0.2, 0) is 6.54 Å². The maximum Gasteiger partial charge on any atom is 0.251 e. The van der Waals surface area contributed by atoms with E-state index in [2.05, 4.69) is 29.2 Å². The van der Waals surface area contributed by atoms with Crippen LogP contribution in [0.2, 0.25) is 0 Å². The van der Waals surface area contributed by atoms with E-state index in [1.54, 1.807) is 42.4 Å². The van der Waals surface area contributed by atoms with E-state index in [0.717, 1.165) is 17.8 Å². The number of rotatable bonds is 9. The number of nitrogens with zero attached hydrogens (tertiary/aromatic N) is 3. The summed E-state index contributed by atoms with van der Waals surface area (Å²) in [5.41, 5.74) is 1.41. The van der Waals surface area contributed by atoms with Crippen molar-refractivity contribution in [3.05, 3.63) is 66.1 Å². The average Bonchev–Trinajstić information content (AvgIpc) is 3.27. The summed E-state index contributed by atoms with van der Waals surface area (Å²) in [5, 5.41) is 7.04. The van der Waals surface area contributed by atoms with Crippen LogP contribution in [0.1, 0.15) is 36.2 Å². The van der Waals surface area contributed by atoms with Crippen LogP contribution in [0.3, 0.4) is 0 Å². The second-order valence-electron chi connectivity index (χ2n) is 7.05. The minimum absolute atomic E-state index is 0.187. The number of hydrogen-bond donors (Lipinski definition) is 1. The number of ether oxygens (including phenoxy) is 2. The van der Waals surface area contributed by atoms with E-state index in [9.17, 15) is 4.79 Å². The lowest BCUT2D eigenvalue weighted by Gasteiger charge is -2.13. The van der Waals surface area contributed by atoms with E-state index in [0.29, 0.717) is 36.1 Å². The molecular weight excluding hydrogens is 368 g/mol. The average molecular weight is 394 g/mol. The minimum Gasteiger partial charge on any atom is -0.493 e. The van der Waals surface area contributed by atoms with Gasteiger partial charge in [-0.1, -0.05) is 19.9 Å². The van der Waals surface area contributed by atoms with Crippen molar-refractivity contribution in [2.45, 2.75) is 26.8 Å². The molecule has 1 aromatic carbocycles. The molecule has 0 bridgehead atoms. The van der Waals surface area contributed by atoms with Gasteiger partial charge in [0.2, 0.25) is 0 Å². The molecule has 0 aliphatic heterocycles. The highest BCUT2D eigenvalue weighted by Gasteiger charge is 2.11. The smallest absolute Gasteiger partial charge is 0.251 e. The Bertz CT molecular complexity index is 922. The van der Waals surface area contributed by atoms with Crippen molar-refractivity contribution >= 4 is 5.91 Å². The van der Waals surface area contributed by atoms with Crippen molar-refractivity contribution < 1.29 is 14.3 Å². The molecule has 0 saturated carbocycles. The van der Waals surface area contributed by atoms with E-state index in [1.165, 1.54) is 0 Å². The molecule has 0 atom stereocenters. The molecule has 152 valence electrons. The number of carbonyl (C=O) groups is 1. The summed E-state index contributed by atoms with van der Waals surface area (Å²) in [4.78, 5) is 16.9. The maximum absolute atomic E-state index is 12.5. The summed E-state index contributed by atoms with van der Waals surface area (Å²) in [7, 11) is 1.57. The van der Waals surface area contributed by atoms with Gasteiger partial charge in [-0.05, 0) is 48.2 Å². The Labute approximate surface area is 170 Å². The highest BCUT2D eigenvalue weighted by molar-refractivity contribution is 5.94. The van der Waals surface area contributed by atoms with Gasteiger partial charge in [0, 0.05) is 30.7 Å². The standard InChI is InChI=1S/C22H26N4O3/c1-16(2)9-12-29-19-7-6-18(13-20(19)28-3)22(27)24-15-17-5-8-21(23-14-17)26-11-4-10-25-26/h4-8,10-11,13-14,16H,9,12,15H2,1-3H3,(H,24,27). The van der Waals surface area contributed by atoms with Crippen LogP contribution in [0.25, 0.3) is 5.82 Å². The summed E-state index contributed by atoms with van der Waals surface area (Å²) >= 11 is 0. The highest BCUT2D eigenvalue weighted by Crippen LogP contribution is 2.28. The lowest BCUT2D eigenvalue weighted by Crippen LogP contribution is -2.23. The molecule has 0 spiro atoms. The fraction of sp³-hybridized carbons (Fsp3) is 0.318. The minimum atomic E-state index is -0.187. The zero-order chi connectivity index (χ0) is 20.6. The summed E-state index contributed by atoms with van der Waals surface area (Å²) < 4.78 is 12.8. The van der Waals surface area contributed by atoms with Gasteiger partial charge in [-0.3, -0.25) is 4.79 Å². The van der Waals surface area contributed by atoms with Crippen molar-refractivity contribution in [2.75, 3.05) is 13.7 Å². The Balaban J connectivity index is 1.58. The maximum atomic E-state index is 12.5. The molecule has 7 heteroatoms. The number of methoxy groups -OCH3 is 1. The summed E-state index contributed by atoms with van der Waals surface area (Å²) in [6.07, 6.45) is 6.21. The molecule has 7 nitrogen and oxygen atoms in total. The van der Waals surface area contributed by atoms with E-state index >= 15 is 0 Å². The molecule has 0 saturated heterocycles. The van der Waals surface area contributed by atoms with Gasteiger partial charge < -0.3 is 14.8 Å². The molecular formula is C22H26N4O3. The molecule has 0 fully saturated rings. The van der Waals surface area contributed by atoms with Crippen molar-refractivity contribution in [1.29, 1.82) is 0 Å². The molecule has 1 amide bonds. The third-order valence-corrected chi connectivity index (χ3v) is 4.38.